The molecule has 114 heavy (non-hydrogen) atoms. The van der Waals surface area contributed by atoms with Crippen LogP contribution in [0.2, 0.25) is 5.02 Å². The van der Waals surface area contributed by atoms with E-state index in [1.807, 2.05) is 0 Å². The summed E-state index contributed by atoms with van der Waals surface area (Å²) in [6, 6.07) is 14.2. The Balaban J connectivity index is 0.000000350. The number of methoxy groups -OCH3 is 1. The highest BCUT2D eigenvalue weighted by Crippen LogP contribution is 2.44. The number of azide groups is 3. The van der Waals surface area contributed by atoms with Crippen LogP contribution in [0.3, 0.4) is 0 Å². The predicted octanol–water partition coefficient (Wildman–Crippen LogP) is -1.98. The number of aromatic nitrogens is 6. The lowest BCUT2D eigenvalue weighted by atomic mass is 10.1. The molecule has 2 aromatic carbocycles. The standard InChI is InChI=1S/C28H25ClFN7O9.C14H18FN7O7.C13H16FN7O7.C5H10N2O3.ClH/c29-18-8-4-7-17(11-18)25(40)44-14-28(35-36-32)23(45-26(41)16-5-2-1-3-6-16)22(30)24(46-28)37-10-9-21(34-27(37)42)33-19(12-20(31)39)13-43-15-38;15-10-11(26)14(5-23,20-21-17)29-12(10)22-2-1-9(19-13(22)27)18-7(3-8(16)25)4-28-6-24;14-9-10(25)13(4-22,19-20-16)28-11(9)21-2-1-7(18-12(21)26)17-8(27-5-23)3-6(15)24;1-10-5(9)3(6)2-4(7)8;/h1-11,15,19,22-24H,12-14H2,(H2,31,39)(H,33,34,42);1-2,6-7,10-12,23,26H,3-5H2,(H2,16,25)(H,18,19,27);1-2,5,8-11,22,25H,3-4H2,(H2,15,24)(H,17,18,26);3H,2,6H2,1H3,(H2,7,8);1H/t19-,22-,23?,24?,28+;7-,10-,11?,12?,14+;8-,9+,10?,11?,13-;3-;/m0010./s1. The van der Waals surface area contributed by atoms with Crippen molar-refractivity contribution in [1.82, 2.24) is 28.7 Å². The smallest absolute Gasteiger partial charge is 0.351 e. The Labute approximate surface area is 646 Å². The molecule has 0 bridgehead atoms. The summed E-state index contributed by atoms with van der Waals surface area (Å²) in [6.45, 7) is -3.13. The summed E-state index contributed by atoms with van der Waals surface area (Å²) in [4.78, 5) is 167. The first-order valence-electron chi connectivity index (χ1n) is 31.8. The molecule has 0 aliphatic carbocycles. The number of rotatable bonds is 36. The van der Waals surface area contributed by atoms with Gasteiger partial charge in [-0.3, -0.25) is 52.1 Å². The topological polar surface area (TPSA) is 752 Å². The van der Waals surface area contributed by atoms with Crippen LogP contribution >= 0.6 is 24.0 Å². The van der Waals surface area contributed by atoms with Crippen molar-refractivity contribution in [3.05, 3.63) is 170 Å². The maximum absolute atomic E-state index is 16.3. The summed E-state index contributed by atoms with van der Waals surface area (Å²) in [7, 11) is 1.20. The van der Waals surface area contributed by atoms with E-state index in [0.29, 0.717) is 13.7 Å². The Morgan fingerprint density at radius 1 is 0.605 bits per heavy atom. The summed E-state index contributed by atoms with van der Waals surface area (Å²) in [5.41, 5.74) is 41.5. The van der Waals surface area contributed by atoms with E-state index in [9.17, 15) is 97.1 Å². The highest BCUT2D eigenvalue weighted by Gasteiger charge is 2.61. The number of alkyl halides is 3. The predicted molar refractivity (Wildman–Crippen MR) is 376 cm³/mol. The summed E-state index contributed by atoms with van der Waals surface area (Å²) in [5.74, 6) is -5.71. The van der Waals surface area contributed by atoms with E-state index in [-0.39, 0.29) is 97.9 Å². The van der Waals surface area contributed by atoms with Crippen LogP contribution in [0.15, 0.2) is 121 Å². The molecule has 5 aromatic rings. The van der Waals surface area contributed by atoms with Gasteiger partial charge in [-0.15, -0.1) is 12.4 Å². The summed E-state index contributed by atoms with van der Waals surface area (Å²) in [5, 5.41) is 56.3. The van der Waals surface area contributed by atoms with Gasteiger partial charge in [0, 0.05) is 51.2 Å². The van der Waals surface area contributed by atoms with Crippen molar-refractivity contribution >= 4 is 102 Å². The number of nitrogens with zero attached hydrogens (tertiary/aromatic N) is 15. The van der Waals surface area contributed by atoms with Gasteiger partial charge in [0.2, 0.25) is 40.8 Å². The SMILES string of the molecule is COC(=O)[C@@H](N)CC(N)=O.Cl.[N-]=[N+]=N[C@]1(CO)OC(n2ccc(N[C@@H](CC(N)=O)OC=O)nc2=O)[C@@H](F)C1O.[N-]=[N+]=N[C@]1(CO)OC(n2ccc(N[C@H](COC=O)CC(N)=O)nc2=O)[C@@H](F)C1O.[N-]=[N+]=N[C@]1(COC(=O)c2cccc(Cl)c2)OC(n2ccc(N[C@H](COC=O)CC(N)=O)nc2=O)[C@@H](F)C1OC(=O)c1ccccc1. The molecular formula is C60H70Cl2F3N23O26. The van der Waals surface area contributed by atoms with Crippen LogP contribution in [0.5, 0.6) is 0 Å². The minimum Gasteiger partial charge on any atom is -0.468 e. The Hall–Kier alpha value is -12.8. The Bertz CT molecular complexity index is 4550. The van der Waals surface area contributed by atoms with E-state index in [2.05, 4.69) is 79.9 Å². The van der Waals surface area contributed by atoms with E-state index in [0.717, 1.165) is 18.6 Å². The molecule has 3 aliphatic heterocycles. The number of aliphatic hydroxyl groups excluding tert-OH is 4. The van der Waals surface area contributed by atoms with Crippen molar-refractivity contribution in [2.24, 2.45) is 44.0 Å². The molecule has 6 heterocycles. The molecule has 3 aliphatic rings. The van der Waals surface area contributed by atoms with Gasteiger partial charge in [0.1, 0.15) is 55.5 Å². The van der Waals surface area contributed by atoms with Crippen LogP contribution in [0.25, 0.3) is 31.3 Å². The number of primary amides is 4. The second kappa shape index (κ2) is 44.3. The lowest BCUT2D eigenvalue weighted by molar-refractivity contribution is -0.143. The zero-order valence-corrected chi connectivity index (χ0v) is 60.1. The fourth-order valence-electron chi connectivity index (χ4n) is 10.2. The molecule has 4 amide bonds. The van der Waals surface area contributed by atoms with Gasteiger partial charge < -0.3 is 108 Å². The monoisotopic (exact) mass is 1660 g/mol. The average Bonchev–Trinajstić information content (AvgIpc) is 1.62. The second-order valence-electron chi connectivity index (χ2n) is 23.2. The second-order valence-corrected chi connectivity index (χ2v) is 23.6. The number of aliphatic hydroxyl groups is 4. The number of nitrogens with one attached hydrogen (secondary N) is 3. The Morgan fingerprint density at radius 2 is 1.02 bits per heavy atom. The number of carbonyl (C=O) groups excluding carboxylic acids is 10. The normalized spacial score (nSPS) is 23.1. The number of benzene rings is 2. The molecule has 616 valence electrons. The number of esters is 3. The van der Waals surface area contributed by atoms with Crippen molar-refractivity contribution < 1.29 is 124 Å². The number of carbonyl (C=O) groups is 10. The Kier molecular flexibility index (Phi) is 36.3. The maximum Gasteiger partial charge on any atom is 0.351 e. The van der Waals surface area contributed by atoms with Crippen molar-refractivity contribution in [3.8, 4) is 0 Å². The van der Waals surface area contributed by atoms with Crippen LogP contribution in [0.1, 0.15) is 65.1 Å². The molecule has 0 radical (unpaired) electrons. The van der Waals surface area contributed by atoms with Gasteiger partial charge in [-0.05, 0) is 65.1 Å². The third kappa shape index (κ3) is 25.3. The molecule has 3 saturated heterocycles. The molecular weight excluding hydrogens is 1590 g/mol. The molecule has 0 spiro atoms. The largest absolute Gasteiger partial charge is 0.468 e. The quantitative estimate of drug-likeness (QED) is 0.00393. The molecule has 8 rings (SSSR count). The lowest BCUT2D eigenvalue weighted by Crippen LogP contribution is -2.47. The molecule has 16 atom stereocenters. The van der Waals surface area contributed by atoms with Gasteiger partial charge in [-0.2, -0.15) is 15.0 Å². The highest BCUT2D eigenvalue weighted by molar-refractivity contribution is 6.30. The van der Waals surface area contributed by atoms with E-state index in [4.69, 9.17) is 75.0 Å². The molecule has 0 saturated carbocycles. The summed E-state index contributed by atoms with van der Waals surface area (Å²) < 4.78 is 92.0. The fraction of sp³-hybridized carbons (Fsp3) is 0.433. The van der Waals surface area contributed by atoms with Crippen molar-refractivity contribution in [2.45, 2.75) is 123 Å². The number of anilines is 3. The average molecular weight is 1660 g/mol. The minimum atomic E-state index is -2.49. The number of hydrogen-bond donors (Lipinski definition) is 12. The number of nitrogens with two attached hydrogens (primary N) is 5. The molecule has 6 unspecified atom stereocenters. The number of ether oxygens (including phenoxy) is 9. The molecule has 54 heteroatoms. The molecule has 3 aromatic heterocycles. The number of halogens is 5. The van der Waals surface area contributed by atoms with E-state index >= 15 is 4.39 Å². The third-order valence-electron chi connectivity index (χ3n) is 15.3. The van der Waals surface area contributed by atoms with Gasteiger partial charge >= 0.3 is 35.0 Å². The zero-order chi connectivity index (χ0) is 83.9. The van der Waals surface area contributed by atoms with Crippen LogP contribution in [0, 0.1) is 0 Å². The number of hydrogen-bond acceptors (Lipinski definition) is 36. The van der Waals surface area contributed by atoms with Crippen LogP contribution in [0.4, 0.5) is 30.6 Å². The van der Waals surface area contributed by atoms with Gasteiger partial charge in [0.15, 0.2) is 49.5 Å². The van der Waals surface area contributed by atoms with Crippen molar-refractivity contribution in [3.63, 3.8) is 0 Å². The number of amides is 4. The Morgan fingerprint density at radius 3 is 1.40 bits per heavy atom. The first-order valence-corrected chi connectivity index (χ1v) is 32.2. The van der Waals surface area contributed by atoms with Crippen molar-refractivity contribution in [1.29, 1.82) is 0 Å². The summed E-state index contributed by atoms with van der Waals surface area (Å²) >= 11 is 5.95. The molecule has 17 N–H and O–H groups in total. The first kappa shape index (κ1) is 93.5. The van der Waals surface area contributed by atoms with E-state index in [1.165, 1.54) is 73.8 Å². The first-order chi connectivity index (χ1) is 53.7. The summed E-state index contributed by atoms with van der Waals surface area (Å²) in [6.07, 6.45) is -17.4. The van der Waals surface area contributed by atoms with Gasteiger partial charge in [-0.25, -0.2) is 37.1 Å². The van der Waals surface area contributed by atoms with E-state index < -0.39 is 182 Å². The van der Waals surface area contributed by atoms with Crippen LogP contribution in [-0.4, -0.2) is 229 Å². The maximum atomic E-state index is 16.3. The van der Waals surface area contributed by atoms with Crippen molar-refractivity contribution in [2.75, 3.05) is 56.1 Å². The van der Waals surface area contributed by atoms with Crippen LogP contribution < -0.4 is 61.7 Å². The third-order valence-corrected chi connectivity index (χ3v) is 15.6. The van der Waals surface area contributed by atoms with Gasteiger partial charge in [-0.1, -0.05) is 51.2 Å². The fourth-order valence-corrected chi connectivity index (χ4v) is 10.4. The molecule has 49 nitrogen and oxygen atoms in total. The van der Waals surface area contributed by atoms with Gasteiger partial charge in [0.05, 0.1) is 56.4 Å². The lowest BCUT2D eigenvalue weighted by Gasteiger charge is -2.28. The van der Waals surface area contributed by atoms with E-state index in [1.54, 1.807) is 6.07 Å². The minimum absolute atomic E-state index is 0. The zero-order valence-electron chi connectivity index (χ0n) is 58.5. The molecule has 3 fully saturated rings. The van der Waals surface area contributed by atoms with Gasteiger partial charge in [0.25, 0.3) is 19.4 Å². The highest BCUT2D eigenvalue weighted by atomic mass is 35.5. The van der Waals surface area contributed by atoms with Crippen LogP contribution in [-0.2, 0) is 81.0 Å².